The molecule has 0 aromatic heterocycles. The summed E-state index contributed by atoms with van der Waals surface area (Å²) < 4.78 is 30.7. The molecule has 0 saturated heterocycles. The molecule has 0 saturated carbocycles. The Bertz CT molecular complexity index is 867. The number of benzene rings is 2. The molecule has 2 rings (SSSR count). The molecule has 0 amide bonds. The Hall–Kier alpha value is -2.78. The van der Waals surface area contributed by atoms with Crippen molar-refractivity contribution in [2.45, 2.75) is 11.5 Å². The number of esters is 1. The minimum Gasteiger partial charge on any atom is -0.460 e. The lowest BCUT2D eigenvalue weighted by Crippen LogP contribution is -2.33. The number of carbonyl (C=O) groups is 1. The van der Waals surface area contributed by atoms with Crippen LogP contribution in [0.2, 0.25) is 0 Å². The summed E-state index contributed by atoms with van der Waals surface area (Å²) in [6.07, 6.45) is 0. The van der Waals surface area contributed by atoms with Gasteiger partial charge in [-0.25, -0.2) is 8.42 Å². The van der Waals surface area contributed by atoms with E-state index in [0.717, 1.165) is 29.0 Å². The maximum Gasteiger partial charge on any atom is 0.321 e. The second-order valence-corrected chi connectivity index (χ2v) is 7.15. The second kappa shape index (κ2) is 7.86. The molecule has 9 heteroatoms. The van der Waals surface area contributed by atoms with Gasteiger partial charge in [-0.05, 0) is 11.6 Å². The van der Waals surface area contributed by atoms with E-state index in [1.807, 2.05) is 6.07 Å². The number of hydrogen-bond acceptors (Lipinski definition) is 6. The molecule has 0 aliphatic heterocycles. The molecular formula is C16H16N2O6S. The minimum absolute atomic E-state index is 0.0129. The molecule has 0 spiro atoms. The maximum absolute atomic E-state index is 12.5. The number of para-hydroxylation sites is 1. The molecule has 0 aliphatic carbocycles. The normalized spacial score (nSPS) is 11.3. The Labute approximate surface area is 144 Å². The summed E-state index contributed by atoms with van der Waals surface area (Å²) in [5.41, 5.74) is 0.215. The van der Waals surface area contributed by atoms with E-state index < -0.39 is 38.0 Å². The average Bonchev–Trinajstić information content (AvgIpc) is 2.60. The lowest BCUT2D eigenvalue weighted by Gasteiger charge is -2.16. The van der Waals surface area contributed by atoms with Crippen LogP contribution in [-0.2, 0) is 26.2 Å². The molecule has 0 atom stereocenters. The number of nitro benzene ring substituents is 1. The van der Waals surface area contributed by atoms with Gasteiger partial charge in [-0.1, -0.05) is 42.5 Å². The molecule has 2 aromatic carbocycles. The lowest BCUT2D eigenvalue weighted by atomic mass is 10.2. The number of likely N-dealkylation sites (N-methyl/N-ethyl adjacent to an activating group) is 1. The van der Waals surface area contributed by atoms with Crippen LogP contribution in [0.15, 0.2) is 59.5 Å². The van der Waals surface area contributed by atoms with Gasteiger partial charge < -0.3 is 4.74 Å². The number of nitro groups is 1. The van der Waals surface area contributed by atoms with Gasteiger partial charge in [0.1, 0.15) is 13.2 Å². The monoisotopic (exact) mass is 364 g/mol. The van der Waals surface area contributed by atoms with Crippen molar-refractivity contribution in [3.8, 4) is 0 Å². The van der Waals surface area contributed by atoms with Crippen molar-refractivity contribution < 1.29 is 22.9 Å². The van der Waals surface area contributed by atoms with Gasteiger partial charge in [0.15, 0.2) is 4.90 Å². The topological polar surface area (TPSA) is 107 Å². The van der Waals surface area contributed by atoms with Crippen molar-refractivity contribution in [2.75, 3.05) is 13.6 Å². The summed E-state index contributed by atoms with van der Waals surface area (Å²) in [5, 5.41) is 11.0. The van der Waals surface area contributed by atoms with Crippen LogP contribution in [0.4, 0.5) is 5.69 Å². The zero-order valence-electron chi connectivity index (χ0n) is 13.4. The first kappa shape index (κ1) is 18.6. The Balaban J connectivity index is 2.07. The summed E-state index contributed by atoms with van der Waals surface area (Å²) >= 11 is 0. The Kier molecular flexibility index (Phi) is 5.84. The van der Waals surface area contributed by atoms with E-state index in [9.17, 15) is 23.3 Å². The van der Waals surface area contributed by atoms with E-state index in [2.05, 4.69) is 0 Å². The van der Waals surface area contributed by atoms with Crippen LogP contribution in [0.25, 0.3) is 0 Å². The molecule has 2 aromatic rings. The van der Waals surface area contributed by atoms with Gasteiger partial charge in [0, 0.05) is 13.1 Å². The third-order valence-electron chi connectivity index (χ3n) is 3.34. The van der Waals surface area contributed by atoms with Crippen molar-refractivity contribution in [3.63, 3.8) is 0 Å². The maximum atomic E-state index is 12.5. The highest BCUT2D eigenvalue weighted by atomic mass is 32.2. The fourth-order valence-corrected chi connectivity index (χ4v) is 3.31. The van der Waals surface area contributed by atoms with Crippen LogP contribution in [-0.4, -0.2) is 37.2 Å². The summed E-state index contributed by atoms with van der Waals surface area (Å²) in [4.78, 5) is 21.6. The number of rotatable bonds is 7. The highest BCUT2D eigenvalue weighted by Gasteiger charge is 2.30. The first-order valence-electron chi connectivity index (χ1n) is 7.21. The summed E-state index contributed by atoms with van der Waals surface area (Å²) in [7, 11) is -3.04. The summed E-state index contributed by atoms with van der Waals surface area (Å²) in [6, 6.07) is 13.9. The second-order valence-electron chi connectivity index (χ2n) is 5.13. The third kappa shape index (κ3) is 4.61. The predicted molar refractivity (Wildman–Crippen MR) is 89.2 cm³/mol. The van der Waals surface area contributed by atoms with Gasteiger partial charge in [-0.3, -0.25) is 14.9 Å². The fourth-order valence-electron chi connectivity index (χ4n) is 2.04. The van der Waals surface area contributed by atoms with Crippen LogP contribution in [0, 0.1) is 10.1 Å². The quantitative estimate of drug-likeness (QED) is 0.422. The van der Waals surface area contributed by atoms with Crippen molar-refractivity contribution in [3.05, 3.63) is 70.3 Å². The number of nitrogens with zero attached hydrogens (tertiary/aromatic N) is 2. The van der Waals surface area contributed by atoms with E-state index in [0.29, 0.717) is 0 Å². The number of sulfonamides is 1. The molecule has 0 unspecified atom stereocenters. The zero-order valence-corrected chi connectivity index (χ0v) is 14.2. The van der Waals surface area contributed by atoms with E-state index in [-0.39, 0.29) is 6.61 Å². The number of hydrogen-bond donors (Lipinski definition) is 0. The predicted octanol–water partition coefficient (Wildman–Crippen LogP) is 1.96. The van der Waals surface area contributed by atoms with E-state index in [1.54, 1.807) is 24.3 Å². The third-order valence-corrected chi connectivity index (χ3v) is 5.20. The van der Waals surface area contributed by atoms with Gasteiger partial charge in [-0.15, -0.1) is 0 Å². The van der Waals surface area contributed by atoms with Gasteiger partial charge >= 0.3 is 5.97 Å². The Morgan fingerprint density at radius 2 is 1.72 bits per heavy atom. The fraction of sp³-hybridized carbons (Fsp3) is 0.188. The lowest BCUT2D eigenvalue weighted by molar-refractivity contribution is -0.387. The van der Waals surface area contributed by atoms with Crippen molar-refractivity contribution >= 4 is 21.7 Å². The van der Waals surface area contributed by atoms with Crippen LogP contribution in [0.3, 0.4) is 0 Å². The first-order valence-corrected chi connectivity index (χ1v) is 8.65. The van der Waals surface area contributed by atoms with E-state index in [1.165, 1.54) is 12.1 Å². The van der Waals surface area contributed by atoms with Crippen molar-refractivity contribution in [2.24, 2.45) is 0 Å². The molecular weight excluding hydrogens is 348 g/mol. The molecule has 0 radical (unpaired) electrons. The number of carbonyl (C=O) groups excluding carboxylic acids is 1. The average molecular weight is 364 g/mol. The Morgan fingerprint density at radius 1 is 1.12 bits per heavy atom. The van der Waals surface area contributed by atoms with Gasteiger partial charge in [0.2, 0.25) is 10.0 Å². The van der Waals surface area contributed by atoms with Gasteiger partial charge in [0.25, 0.3) is 5.69 Å². The molecule has 0 heterocycles. The molecule has 0 bridgehead atoms. The molecule has 8 nitrogen and oxygen atoms in total. The van der Waals surface area contributed by atoms with Gasteiger partial charge in [0.05, 0.1) is 4.92 Å². The zero-order chi connectivity index (χ0) is 18.4. The minimum atomic E-state index is -4.20. The first-order chi connectivity index (χ1) is 11.8. The molecule has 132 valence electrons. The van der Waals surface area contributed by atoms with Crippen molar-refractivity contribution in [1.82, 2.24) is 4.31 Å². The smallest absolute Gasteiger partial charge is 0.321 e. The Morgan fingerprint density at radius 3 is 2.36 bits per heavy atom. The van der Waals surface area contributed by atoms with Crippen LogP contribution in [0.1, 0.15) is 5.56 Å². The molecule has 0 fully saturated rings. The van der Waals surface area contributed by atoms with Crippen LogP contribution < -0.4 is 0 Å². The van der Waals surface area contributed by atoms with Crippen molar-refractivity contribution in [1.29, 1.82) is 0 Å². The van der Waals surface area contributed by atoms with Crippen LogP contribution >= 0.6 is 0 Å². The number of ether oxygens (including phenoxy) is 1. The largest absolute Gasteiger partial charge is 0.460 e. The standard InChI is InChI=1S/C16H16N2O6S/c1-17(11-16(19)24-12-13-7-3-2-4-8-13)25(22,23)15-10-6-5-9-14(15)18(20)21/h2-10H,11-12H2,1H3. The highest BCUT2D eigenvalue weighted by Crippen LogP contribution is 2.25. The molecule has 25 heavy (non-hydrogen) atoms. The van der Waals surface area contributed by atoms with Gasteiger partial charge in [-0.2, -0.15) is 4.31 Å². The molecule has 0 aliphatic rings. The SMILES string of the molecule is CN(CC(=O)OCc1ccccc1)S(=O)(=O)c1ccccc1[N+](=O)[O-]. The van der Waals surface area contributed by atoms with E-state index >= 15 is 0 Å². The summed E-state index contributed by atoms with van der Waals surface area (Å²) in [6.45, 7) is -0.541. The van der Waals surface area contributed by atoms with Crippen LogP contribution in [0.5, 0.6) is 0 Å². The summed E-state index contributed by atoms with van der Waals surface area (Å²) in [5.74, 6) is -0.756. The van der Waals surface area contributed by atoms with E-state index in [4.69, 9.17) is 4.74 Å². The molecule has 0 N–H and O–H groups in total. The highest BCUT2D eigenvalue weighted by molar-refractivity contribution is 7.89.